The quantitative estimate of drug-likeness (QED) is 0.864. The number of rotatable bonds is 5. The molecule has 0 bridgehead atoms. The molecule has 2 aromatic rings. The molecule has 2 rings (SSSR count). The molecule has 2 N–H and O–H groups in total. The molecule has 0 fully saturated rings. The molecule has 1 amide bonds. The number of aliphatic carboxylic acids is 1. The molecule has 102 valence electrons. The van der Waals surface area contributed by atoms with Gasteiger partial charge in [-0.05, 0) is 30.3 Å². The maximum atomic E-state index is 11.6. The van der Waals surface area contributed by atoms with Crippen LogP contribution in [0.3, 0.4) is 0 Å². The Kier molecular flexibility index (Phi) is 4.28. The van der Waals surface area contributed by atoms with E-state index in [1.807, 2.05) is 0 Å². The summed E-state index contributed by atoms with van der Waals surface area (Å²) < 4.78 is 5.47. The fourth-order valence-electron chi connectivity index (χ4n) is 1.46. The largest absolute Gasteiger partial charge is 0.480 e. The number of carbonyl (C=O) groups is 2. The summed E-state index contributed by atoms with van der Waals surface area (Å²) in [6, 6.07) is 11.6. The Bertz CT molecular complexity index is 596. The Hall–Kier alpha value is -2.89. The first-order chi connectivity index (χ1) is 9.65. The lowest BCUT2D eigenvalue weighted by molar-refractivity contribution is -0.135. The lowest BCUT2D eigenvalue weighted by Crippen LogP contribution is -2.29. The monoisotopic (exact) mass is 272 g/mol. The number of amides is 1. The van der Waals surface area contributed by atoms with Gasteiger partial charge in [-0.15, -0.1) is 0 Å². The van der Waals surface area contributed by atoms with Crippen LogP contribution in [0.5, 0.6) is 11.6 Å². The minimum absolute atomic E-state index is 0.361. The Balaban J connectivity index is 1.99. The maximum Gasteiger partial charge on any atom is 0.322 e. The van der Waals surface area contributed by atoms with Gasteiger partial charge in [0.2, 0.25) is 5.88 Å². The molecule has 0 aliphatic heterocycles. The van der Waals surface area contributed by atoms with E-state index in [1.165, 1.54) is 0 Å². The van der Waals surface area contributed by atoms with Crippen molar-refractivity contribution in [2.75, 3.05) is 6.54 Å². The summed E-state index contributed by atoms with van der Waals surface area (Å²) in [5.74, 6) is -0.542. The van der Waals surface area contributed by atoms with Gasteiger partial charge in [-0.2, -0.15) is 0 Å². The number of hydrogen-bond donors (Lipinski definition) is 2. The number of hydrogen-bond acceptors (Lipinski definition) is 4. The second-order valence-electron chi connectivity index (χ2n) is 3.87. The van der Waals surface area contributed by atoms with Gasteiger partial charge in [0, 0.05) is 17.8 Å². The summed E-state index contributed by atoms with van der Waals surface area (Å²) in [7, 11) is 0. The van der Waals surface area contributed by atoms with Crippen LogP contribution in [0, 0.1) is 0 Å². The SMILES string of the molecule is O=C(O)CNC(=O)c1ccc(Oc2ccccn2)cc1. The summed E-state index contributed by atoms with van der Waals surface area (Å²) in [5.41, 5.74) is 0.361. The van der Waals surface area contributed by atoms with Crippen molar-refractivity contribution in [3.05, 3.63) is 54.2 Å². The Labute approximate surface area is 115 Å². The lowest BCUT2D eigenvalue weighted by Gasteiger charge is -2.06. The van der Waals surface area contributed by atoms with Gasteiger partial charge in [0.25, 0.3) is 5.91 Å². The number of nitrogens with zero attached hydrogens (tertiary/aromatic N) is 1. The number of benzene rings is 1. The van der Waals surface area contributed by atoms with E-state index in [2.05, 4.69) is 10.3 Å². The topological polar surface area (TPSA) is 88.5 Å². The van der Waals surface area contributed by atoms with Crippen LogP contribution in [0.25, 0.3) is 0 Å². The minimum Gasteiger partial charge on any atom is -0.480 e. The van der Waals surface area contributed by atoms with Crippen molar-refractivity contribution in [1.29, 1.82) is 0 Å². The molecule has 6 heteroatoms. The van der Waals surface area contributed by atoms with Gasteiger partial charge in [-0.25, -0.2) is 4.98 Å². The van der Waals surface area contributed by atoms with E-state index in [-0.39, 0.29) is 0 Å². The molecular formula is C14H12N2O4. The van der Waals surface area contributed by atoms with Gasteiger partial charge in [0.15, 0.2) is 0 Å². The van der Waals surface area contributed by atoms with Crippen LogP contribution in [-0.4, -0.2) is 28.5 Å². The molecule has 20 heavy (non-hydrogen) atoms. The maximum absolute atomic E-state index is 11.6. The zero-order valence-electron chi connectivity index (χ0n) is 10.4. The molecule has 0 aliphatic rings. The van der Waals surface area contributed by atoms with Crippen molar-refractivity contribution in [1.82, 2.24) is 10.3 Å². The van der Waals surface area contributed by atoms with Crippen molar-refractivity contribution < 1.29 is 19.4 Å². The molecule has 1 aromatic heterocycles. The van der Waals surface area contributed by atoms with Crippen LogP contribution >= 0.6 is 0 Å². The highest BCUT2D eigenvalue weighted by molar-refractivity contribution is 5.95. The fourth-order valence-corrected chi connectivity index (χ4v) is 1.46. The molecular weight excluding hydrogens is 260 g/mol. The number of carboxylic acids is 1. The summed E-state index contributed by atoms with van der Waals surface area (Å²) in [4.78, 5) is 26.0. The van der Waals surface area contributed by atoms with Crippen molar-refractivity contribution in [2.45, 2.75) is 0 Å². The third kappa shape index (κ3) is 3.81. The van der Waals surface area contributed by atoms with Gasteiger partial charge < -0.3 is 15.2 Å². The standard InChI is InChI=1S/C14H12N2O4/c17-13(18)9-16-14(19)10-4-6-11(7-5-10)20-12-3-1-2-8-15-12/h1-8H,9H2,(H,16,19)(H,17,18). The fraction of sp³-hybridized carbons (Fsp3) is 0.0714. The lowest BCUT2D eigenvalue weighted by atomic mass is 10.2. The summed E-state index contributed by atoms with van der Waals surface area (Å²) >= 11 is 0. The predicted octanol–water partition coefficient (Wildman–Crippen LogP) is 1.69. The van der Waals surface area contributed by atoms with Crippen LogP contribution in [0.1, 0.15) is 10.4 Å². The molecule has 0 aliphatic carbocycles. The highest BCUT2D eigenvalue weighted by Gasteiger charge is 2.07. The Morgan fingerprint density at radius 3 is 2.50 bits per heavy atom. The van der Waals surface area contributed by atoms with Crippen molar-refractivity contribution >= 4 is 11.9 Å². The van der Waals surface area contributed by atoms with Crippen LogP contribution < -0.4 is 10.1 Å². The van der Waals surface area contributed by atoms with E-state index in [1.54, 1.807) is 48.7 Å². The normalized spacial score (nSPS) is 9.80. The second kappa shape index (κ2) is 6.33. The minimum atomic E-state index is -1.09. The van der Waals surface area contributed by atoms with Crippen LogP contribution in [0.15, 0.2) is 48.7 Å². The molecule has 1 aromatic carbocycles. The van der Waals surface area contributed by atoms with Gasteiger partial charge in [-0.1, -0.05) is 6.07 Å². The number of ether oxygens (including phenoxy) is 1. The van der Waals surface area contributed by atoms with E-state index < -0.39 is 18.4 Å². The molecule has 1 heterocycles. The molecule has 0 unspecified atom stereocenters. The third-order valence-electron chi connectivity index (χ3n) is 2.38. The first kappa shape index (κ1) is 13.5. The molecule has 0 spiro atoms. The molecule has 6 nitrogen and oxygen atoms in total. The average molecular weight is 272 g/mol. The molecule has 0 saturated heterocycles. The smallest absolute Gasteiger partial charge is 0.322 e. The van der Waals surface area contributed by atoms with Crippen LogP contribution in [0.4, 0.5) is 0 Å². The molecule has 0 atom stereocenters. The Morgan fingerprint density at radius 1 is 1.15 bits per heavy atom. The number of carbonyl (C=O) groups excluding carboxylic acids is 1. The highest BCUT2D eigenvalue weighted by atomic mass is 16.5. The number of carboxylic acid groups (broad SMARTS) is 1. The summed E-state index contributed by atoms with van der Waals surface area (Å²) in [6.45, 7) is -0.412. The first-order valence-electron chi connectivity index (χ1n) is 5.84. The van der Waals surface area contributed by atoms with E-state index in [0.29, 0.717) is 17.2 Å². The zero-order chi connectivity index (χ0) is 14.4. The van der Waals surface area contributed by atoms with Gasteiger partial charge in [0.1, 0.15) is 12.3 Å². The second-order valence-corrected chi connectivity index (χ2v) is 3.87. The van der Waals surface area contributed by atoms with E-state index in [9.17, 15) is 9.59 Å². The van der Waals surface area contributed by atoms with Crippen molar-refractivity contribution in [3.63, 3.8) is 0 Å². The van der Waals surface area contributed by atoms with Gasteiger partial charge >= 0.3 is 5.97 Å². The summed E-state index contributed by atoms with van der Waals surface area (Å²) in [5, 5.41) is 10.8. The van der Waals surface area contributed by atoms with E-state index in [0.717, 1.165) is 0 Å². The number of aromatic nitrogens is 1. The third-order valence-corrected chi connectivity index (χ3v) is 2.38. The van der Waals surface area contributed by atoms with E-state index >= 15 is 0 Å². The van der Waals surface area contributed by atoms with Gasteiger partial charge in [0.05, 0.1) is 0 Å². The van der Waals surface area contributed by atoms with E-state index in [4.69, 9.17) is 9.84 Å². The number of nitrogens with one attached hydrogen (secondary N) is 1. The molecule has 0 saturated carbocycles. The first-order valence-corrected chi connectivity index (χ1v) is 5.84. The summed E-state index contributed by atoms with van der Waals surface area (Å²) in [6.07, 6.45) is 1.61. The molecule has 0 radical (unpaired) electrons. The van der Waals surface area contributed by atoms with Crippen molar-refractivity contribution in [2.24, 2.45) is 0 Å². The predicted molar refractivity (Wildman–Crippen MR) is 70.7 cm³/mol. The van der Waals surface area contributed by atoms with Crippen LogP contribution in [-0.2, 0) is 4.79 Å². The van der Waals surface area contributed by atoms with Crippen molar-refractivity contribution in [3.8, 4) is 11.6 Å². The zero-order valence-corrected chi connectivity index (χ0v) is 10.4. The van der Waals surface area contributed by atoms with Crippen LogP contribution in [0.2, 0.25) is 0 Å². The van der Waals surface area contributed by atoms with Gasteiger partial charge in [-0.3, -0.25) is 9.59 Å². The highest BCUT2D eigenvalue weighted by Crippen LogP contribution is 2.19. The average Bonchev–Trinajstić information content (AvgIpc) is 2.46. The Morgan fingerprint density at radius 2 is 1.90 bits per heavy atom. The number of pyridine rings is 1.